The average molecular weight is 370 g/mol. The molecule has 0 aliphatic heterocycles. The predicted molar refractivity (Wildman–Crippen MR) is 91.0 cm³/mol. The number of hydrazine groups is 1. The molecule has 1 saturated carbocycles. The van der Waals surface area contributed by atoms with E-state index < -0.39 is 11.8 Å². The number of amides is 3. The summed E-state index contributed by atoms with van der Waals surface area (Å²) in [5, 5.41) is 3.43. The number of quaternary nitrogens is 1. The summed E-state index contributed by atoms with van der Waals surface area (Å²) < 4.78 is 5.25. The standard InChI is InChI=1S/C16H21ClN4O4/c1-21(8-14(22)18-12-4-5-12)9-15(23)19-20-16(24)10-25-13-6-2-11(17)3-7-13/h2-3,6-7,12H,4-5,8-10H2,1H3,(H,18,22)(H,19,23)(H,20,24)/p+1. The van der Waals surface area contributed by atoms with Crippen molar-refractivity contribution in [2.24, 2.45) is 0 Å². The van der Waals surface area contributed by atoms with Crippen LogP contribution >= 0.6 is 11.6 Å². The molecule has 0 aromatic heterocycles. The Morgan fingerprint density at radius 3 is 2.32 bits per heavy atom. The summed E-state index contributed by atoms with van der Waals surface area (Å²) in [7, 11) is 1.73. The lowest BCUT2D eigenvalue weighted by Gasteiger charge is -2.14. The molecule has 0 radical (unpaired) electrons. The smallest absolute Gasteiger partial charge is 0.293 e. The Morgan fingerprint density at radius 1 is 1.08 bits per heavy atom. The molecule has 1 aliphatic rings. The summed E-state index contributed by atoms with van der Waals surface area (Å²) in [5.41, 5.74) is 4.55. The van der Waals surface area contributed by atoms with Crippen LogP contribution in [0.15, 0.2) is 24.3 Å². The minimum Gasteiger partial charge on any atom is -0.484 e. The molecule has 2 rings (SSSR count). The molecule has 0 saturated heterocycles. The van der Waals surface area contributed by atoms with Crippen LogP contribution in [-0.4, -0.2) is 50.5 Å². The van der Waals surface area contributed by atoms with Gasteiger partial charge in [0, 0.05) is 11.1 Å². The van der Waals surface area contributed by atoms with E-state index in [2.05, 4.69) is 16.2 Å². The highest BCUT2D eigenvalue weighted by Crippen LogP contribution is 2.18. The molecule has 8 nitrogen and oxygen atoms in total. The minimum atomic E-state index is -0.493. The van der Waals surface area contributed by atoms with Crippen LogP contribution in [0.2, 0.25) is 5.02 Å². The van der Waals surface area contributed by atoms with E-state index in [0.717, 1.165) is 17.7 Å². The highest BCUT2D eigenvalue weighted by Gasteiger charge is 2.24. The molecule has 0 heterocycles. The van der Waals surface area contributed by atoms with E-state index in [4.69, 9.17) is 16.3 Å². The topological polar surface area (TPSA) is 101 Å². The highest BCUT2D eigenvalue weighted by molar-refractivity contribution is 6.30. The van der Waals surface area contributed by atoms with Crippen LogP contribution < -0.4 is 25.8 Å². The summed E-state index contributed by atoms with van der Waals surface area (Å²) in [4.78, 5) is 35.7. The van der Waals surface area contributed by atoms with Gasteiger partial charge >= 0.3 is 0 Å². The molecular formula is C16H22ClN4O4+. The van der Waals surface area contributed by atoms with E-state index in [1.807, 2.05) is 0 Å². The quantitative estimate of drug-likeness (QED) is 0.426. The third-order valence-electron chi connectivity index (χ3n) is 3.39. The van der Waals surface area contributed by atoms with Crippen molar-refractivity contribution < 1.29 is 24.0 Å². The third kappa shape index (κ3) is 7.86. The summed E-state index contributed by atoms with van der Waals surface area (Å²) in [6.07, 6.45) is 2.05. The zero-order valence-corrected chi connectivity index (χ0v) is 14.7. The van der Waals surface area contributed by atoms with Crippen LogP contribution in [0.4, 0.5) is 0 Å². The van der Waals surface area contributed by atoms with Gasteiger partial charge in [-0.2, -0.15) is 0 Å². The molecule has 9 heteroatoms. The van der Waals surface area contributed by atoms with Crippen LogP contribution in [0.1, 0.15) is 12.8 Å². The number of halogens is 1. The van der Waals surface area contributed by atoms with Gasteiger partial charge in [-0.05, 0) is 37.1 Å². The lowest BCUT2D eigenvalue weighted by atomic mass is 10.3. The third-order valence-corrected chi connectivity index (χ3v) is 3.64. The van der Waals surface area contributed by atoms with Gasteiger partial charge in [0.1, 0.15) is 5.75 Å². The van der Waals surface area contributed by atoms with Crippen molar-refractivity contribution >= 4 is 29.3 Å². The van der Waals surface area contributed by atoms with Crippen LogP contribution in [0.25, 0.3) is 0 Å². The molecule has 0 bridgehead atoms. The number of benzene rings is 1. The van der Waals surface area contributed by atoms with E-state index in [9.17, 15) is 14.4 Å². The number of carbonyl (C=O) groups excluding carboxylic acids is 3. The van der Waals surface area contributed by atoms with Gasteiger partial charge in [-0.15, -0.1) is 0 Å². The highest BCUT2D eigenvalue weighted by atomic mass is 35.5. The second-order valence-electron chi connectivity index (χ2n) is 5.99. The first-order chi connectivity index (χ1) is 11.9. The van der Waals surface area contributed by atoms with E-state index in [0.29, 0.717) is 16.8 Å². The molecule has 1 atom stereocenters. The van der Waals surface area contributed by atoms with Crippen molar-refractivity contribution in [2.75, 3.05) is 26.7 Å². The van der Waals surface area contributed by atoms with Crippen LogP contribution in [0, 0.1) is 0 Å². The normalized spacial score (nSPS) is 14.3. The maximum absolute atomic E-state index is 11.8. The van der Waals surface area contributed by atoms with Gasteiger partial charge in [-0.1, -0.05) is 11.6 Å². The predicted octanol–water partition coefficient (Wildman–Crippen LogP) is -1.34. The fourth-order valence-corrected chi connectivity index (χ4v) is 2.14. The van der Waals surface area contributed by atoms with E-state index in [1.165, 1.54) is 0 Å². The second-order valence-corrected chi connectivity index (χ2v) is 6.43. The van der Waals surface area contributed by atoms with Crippen molar-refractivity contribution in [1.82, 2.24) is 16.2 Å². The maximum Gasteiger partial charge on any atom is 0.293 e. The lowest BCUT2D eigenvalue weighted by Crippen LogP contribution is -3.11. The van der Waals surface area contributed by atoms with Crippen molar-refractivity contribution in [3.63, 3.8) is 0 Å². The van der Waals surface area contributed by atoms with Crippen LogP contribution in [0.5, 0.6) is 5.75 Å². The van der Waals surface area contributed by atoms with Gasteiger partial charge in [0.2, 0.25) is 0 Å². The number of rotatable bonds is 8. The number of carbonyl (C=O) groups is 3. The van der Waals surface area contributed by atoms with Gasteiger partial charge in [0.05, 0.1) is 7.05 Å². The Hall–Kier alpha value is -2.32. The van der Waals surface area contributed by atoms with Gasteiger partial charge in [0.15, 0.2) is 19.7 Å². The number of hydrogen-bond donors (Lipinski definition) is 4. The van der Waals surface area contributed by atoms with Gasteiger partial charge in [-0.3, -0.25) is 25.2 Å². The molecule has 1 aromatic carbocycles. The van der Waals surface area contributed by atoms with Gasteiger partial charge < -0.3 is 15.0 Å². The molecule has 1 unspecified atom stereocenters. The summed E-state index contributed by atoms with van der Waals surface area (Å²) in [6, 6.07) is 6.87. The fourth-order valence-electron chi connectivity index (χ4n) is 2.02. The van der Waals surface area contributed by atoms with Gasteiger partial charge in [0.25, 0.3) is 17.7 Å². The monoisotopic (exact) mass is 369 g/mol. The number of nitrogens with one attached hydrogen (secondary N) is 4. The number of hydrogen-bond acceptors (Lipinski definition) is 4. The van der Waals surface area contributed by atoms with Crippen LogP contribution in [-0.2, 0) is 14.4 Å². The first-order valence-electron chi connectivity index (χ1n) is 7.99. The second kappa shape index (κ2) is 9.24. The summed E-state index contributed by atoms with van der Waals surface area (Å²) >= 11 is 5.75. The zero-order valence-electron chi connectivity index (χ0n) is 13.9. The largest absolute Gasteiger partial charge is 0.484 e. The molecule has 25 heavy (non-hydrogen) atoms. The first-order valence-corrected chi connectivity index (χ1v) is 8.37. The van der Waals surface area contributed by atoms with Crippen LogP contribution in [0.3, 0.4) is 0 Å². The molecule has 0 spiro atoms. The SMILES string of the molecule is C[NH+](CC(=O)NNC(=O)COc1ccc(Cl)cc1)CC(=O)NC1CC1. The fraction of sp³-hybridized carbons (Fsp3) is 0.438. The number of likely N-dealkylation sites (N-methyl/N-ethyl adjacent to an activating group) is 1. The Bertz CT molecular complexity index is 619. The summed E-state index contributed by atoms with van der Waals surface area (Å²) in [6.45, 7) is 0.0301. The number of ether oxygens (including phenoxy) is 1. The van der Waals surface area contributed by atoms with Gasteiger partial charge in [-0.25, -0.2) is 0 Å². The molecule has 1 aromatic rings. The Morgan fingerprint density at radius 2 is 1.68 bits per heavy atom. The van der Waals surface area contributed by atoms with Crippen molar-refractivity contribution in [1.29, 1.82) is 0 Å². The Balaban J connectivity index is 1.58. The molecular weight excluding hydrogens is 348 g/mol. The average Bonchev–Trinajstić information content (AvgIpc) is 3.36. The zero-order chi connectivity index (χ0) is 18.2. The summed E-state index contributed by atoms with van der Waals surface area (Å²) in [5.74, 6) is -0.464. The van der Waals surface area contributed by atoms with Crippen molar-refractivity contribution in [3.8, 4) is 5.75 Å². The van der Waals surface area contributed by atoms with Crippen molar-refractivity contribution in [2.45, 2.75) is 18.9 Å². The first kappa shape index (κ1) is 19.0. The maximum atomic E-state index is 11.8. The molecule has 3 amide bonds. The van der Waals surface area contributed by atoms with E-state index >= 15 is 0 Å². The Labute approximate surface area is 150 Å². The molecule has 1 fully saturated rings. The van der Waals surface area contributed by atoms with Crippen molar-refractivity contribution in [3.05, 3.63) is 29.3 Å². The molecule has 1 aliphatic carbocycles. The molecule has 136 valence electrons. The van der Waals surface area contributed by atoms with E-state index in [1.54, 1.807) is 31.3 Å². The minimum absolute atomic E-state index is 0.0659. The Kier molecular flexibility index (Phi) is 7.03. The lowest BCUT2D eigenvalue weighted by molar-refractivity contribution is -0.862. The van der Waals surface area contributed by atoms with E-state index in [-0.39, 0.29) is 25.6 Å². The molecule has 4 N–H and O–H groups in total.